The van der Waals surface area contributed by atoms with Gasteiger partial charge in [0.2, 0.25) is 0 Å². The van der Waals surface area contributed by atoms with E-state index in [1.807, 2.05) is 56.3 Å². The predicted molar refractivity (Wildman–Crippen MR) is 78.5 cm³/mol. The maximum atomic E-state index is 12.4. The summed E-state index contributed by atoms with van der Waals surface area (Å²) in [6.07, 6.45) is 0.800. The van der Waals surface area contributed by atoms with Gasteiger partial charge >= 0.3 is 0 Å². The Bertz CT molecular complexity index is 602. The lowest BCUT2D eigenvalue weighted by atomic mass is 9.97. The van der Waals surface area contributed by atoms with E-state index >= 15 is 0 Å². The van der Waals surface area contributed by atoms with E-state index in [9.17, 15) is 4.79 Å². The summed E-state index contributed by atoms with van der Waals surface area (Å²) in [4.78, 5) is 12.4. The van der Waals surface area contributed by atoms with Crippen LogP contribution in [0, 0.1) is 13.8 Å². The first-order valence-electron chi connectivity index (χ1n) is 6.53. The molecule has 0 aromatic heterocycles. The van der Waals surface area contributed by atoms with Crippen molar-refractivity contribution in [3.63, 3.8) is 0 Å². The molecule has 0 heterocycles. The molecule has 0 aliphatic carbocycles. The van der Waals surface area contributed by atoms with Gasteiger partial charge in [0.05, 0.1) is 0 Å². The van der Waals surface area contributed by atoms with Gasteiger partial charge in [0.1, 0.15) is 0 Å². The van der Waals surface area contributed by atoms with Crippen molar-refractivity contribution in [3.8, 4) is 0 Å². The molecule has 0 saturated carbocycles. The summed E-state index contributed by atoms with van der Waals surface area (Å²) in [7, 11) is 0. The van der Waals surface area contributed by atoms with Crippen LogP contribution in [0.25, 0.3) is 0 Å². The maximum Gasteiger partial charge on any atom is 0.193 e. The molecule has 2 aromatic rings. The Labute approximate surface area is 114 Å². The molecule has 2 heteroatoms. The number of benzene rings is 2. The smallest absolute Gasteiger partial charge is 0.193 e. The molecule has 0 amide bonds. The molecular weight excluding hydrogens is 234 g/mol. The van der Waals surface area contributed by atoms with Crippen molar-refractivity contribution in [1.82, 2.24) is 0 Å². The van der Waals surface area contributed by atoms with Crippen molar-refractivity contribution in [3.05, 3.63) is 70.3 Å². The molecule has 0 fully saturated rings. The van der Waals surface area contributed by atoms with Crippen LogP contribution < -0.4 is 5.73 Å². The Hall–Kier alpha value is -1.93. The number of rotatable bonds is 4. The van der Waals surface area contributed by atoms with Crippen LogP contribution in [0.4, 0.5) is 0 Å². The van der Waals surface area contributed by atoms with Crippen LogP contribution in [-0.4, -0.2) is 12.3 Å². The highest BCUT2D eigenvalue weighted by Gasteiger charge is 2.10. The van der Waals surface area contributed by atoms with Crippen LogP contribution >= 0.6 is 0 Å². The van der Waals surface area contributed by atoms with Crippen molar-refractivity contribution in [2.45, 2.75) is 20.3 Å². The highest BCUT2D eigenvalue weighted by molar-refractivity contribution is 6.09. The van der Waals surface area contributed by atoms with E-state index in [1.165, 1.54) is 5.56 Å². The first kappa shape index (κ1) is 13.5. The molecule has 0 spiro atoms. The van der Waals surface area contributed by atoms with E-state index in [-0.39, 0.29) is 5.78 Å². The molecule has 0 atom stereocenters. The topological polar surface area (TPSA) is 43.1 Å². The lowest BCUT2D eigenvalue weighted by Crippen LogP contribution is -2.06. The third-order valence-corrected chi connectivity index (χ3v) is 3.39. The molecule has 0 aliphatic heterocycles. The molecule has 0 aliphatic rings. The van der Waals surface area contributed by atoms with E-state index in [1.54, 1.807) is 0 Å². The normalized spacial score (nSPS) is 10.5. The Morgan fingerprint density at radius 2 is 1.74 bits per heavy atom. The lowest BCUT2D eigenvalue weighted by molar-refractivity contribution is 0.103. The summed E-state index contributed by atoms with van der Waals surface area (Å²) < 4.78 is 0. The summed E-state index contributed by atoms with van der Waals surface area (Å²) >= 11 is 0. The molecule has 19 heavy (non-hydrogen) atoms. The van der Waals surface area contributed by atoms with E-state index in [0.29, 0.717) is 6.54 Å². The predicted octanol–water partition coefficient (Wildman–Crippen LogP) is 3.04. The van der Waals surface area contributed by atoms with Gasteiger partial charge in [0.25, 0.3) is 0 Å². The zero-order valence-corrected chi connectivity index (χ0v) is 11.4. The van der Waals surface area contributed by atoms with Crippen LogP contribution in [0.15, 0.2) is 42.5 Å². The van der Waals surface area contributed by atoms with E-state index in [4.69, 9.17) is 5.73 Å². The van der Waals surface area contributed by atoms with Gasteiger partial charge in [-0.05, 0) is 55.6 Å². The number of aryl methyl sites for hydroxylation is 2. The molecule has 0 radical (unpaired) electrons. The summed E-state index contributed by atoms with van der Waals surface area (Å²) in [5.74, 6) is 0.0713. The lowest BCUT2D eigenvalue weighted by Gasteiger charge is -2.06. The van der Waals surface area contributed by atoms with Gasteiger partial charge in [-0.15, -0.1) is 0 Å². The minimum absolute atomic E-state index is 0.0713. The summed E-state index contributed by atoms with van der Waals surface area (Å²) in [6.45, 7) is 4.67. The summed E-state index contributed by atoms with van der Waals surface area (Å²) in [5, 5.41) is 0. The number of carbonyl (C=O) groups is 1. The van der Waals surface area contributed by atoms with Gasteiger partial charge < -0.3 is 5.73 Å². The summed E-state index contributed by atoms with van der Waals surface area (Å²) in [5.41, 5.74) is 10.5. The molecule has 0 unspecified atom stereocenters. The van der Waals surface area contributed by atoms with Crippen molar-refractivity contribution >= 4 is 5.78 Å². The maximum absolute atomic E-state index is 12.4. The van der Waals surface area contributed by atoms with Crippen LogP contribution in [0.5, 0.6) is 0 Å². The second-order valence-corrected chi connectivity index (χ2v) is 4.87. The Balaban J connectivity index is 2.32. The summed E-state index contributed by atoms with van der Waals surface area (Å²) in [6, 6.07) is 13.5. The SMILES string of the molecule is Cc1ccc(C(=O)c2cccc(CCN)c2)cc1C. The molecule has 98 valence electrons. The second-order valence-electron chi connectivity index (χ2n) is 4.87. The fourth-order valence-electron chi connectivity index (χ4n) is 2.08. The van der Waals surface area contributed by atoms with Gasteiger partial charge in [-0.1, -0.05) is 30.3 Å². The van der Waals surface area contributed by atoms with Gasteiger partial charge in [0.15, 0.2) is 5.78 Å². The first-order valence-corrected chi connectivity index (χ1v) is 6.53. The number of nitrogens with two attached hydrogens (primary N) is 1. The fraction of sp³-hybridized carbons (Fsp3) is 0.235. The first-order chi connectivity index (χ1) is 9.11. The average Bonchev–Trinajstić information content (AvgIpc) is 2.42. The third-order valence-electron chi connectivity index (χ3n) is 3.39. The molecule has 0 saturated heterocycles. The second kappa shape index (κ2) is 5.81. The Kier molecular flexibility index (Phi) is 4.13. The van der Waals surface area contributed by atoms with Gasteiger partial charge in [-0.2, -0.15) is 0 Å². The zero-order chi connectivity index (χ0) is 13.8. The van der Waals surface area contributed by atoms with Gasteiger partial charge in [-0.25, -0.2) is 0 Å². The quantitative estimate of drug-likeness (QED) is 0.851. The van der Waals surface area contributed by atoms with Crippen LogP contribution in [-0.2, 0) is 6.42 Å². The molecule has 2 aromatic carbocycles. The highest BCUT2D eigenvalue weighted by atomic mass is 16.1. The van der Waals surface area contributed by atoms with Gasteiger partial charge in [0, 0.05) is 11.1 Å². The third kappa shape index (κ3) is 3.09. The minimum atomic E-state index is 0.0713. The van der Waals surface area contributed by atoms with Crippen molar-refractivity contribution in [1.29, 1.82) is 0 Å². The van der Waals surface area contributed by atoms with Crippen LogP contribution in [0.2, 0.25) is 0 Å². The van der Waals surface area contributed by atoms with E-state index in [2.05, 4.69) is 0 Å². The number of ketones is 1. The number of hydrogen-bond donors (Lipinski definition) is 1. The van der Waals surface area contributed by atoms with Crippen LogP contribution in [0.3, 0.4) is 0 Å². The molecule has 2 N–H and O–H groups in total. The van der Waals surface area contributed by atoms with Crippen molar-refractivity contribution in [2.75, 3.05) is 6.54 Å². The highest BCUT2D eigenvalue weighted by Crippen LogP contribution is 2.15. The van der Waals surface area contributed by atoms with E-state index < -0.39 is 0 Å². The monoisotopic (exact) mass is 253 g/mol. The van der Waals surface area contributed by atoms with Crippen molar-refractivity contribution < 1.29 is 4.79 Å². The average molecular weight is 253 g/mol. The number of hydrogen-bond acceptors (Lipinski definition) is 2. The van der Waals surface area contributed by atoms with Crippen molar-refractivity contribution in [2.24, 2.45) is 5.73 Å². The largest absolute Gasteiger partial charge is 0.330 e. The van der Waals surface area contributed by atoms with Gasteiger partial charge in [-0.3, -0.25) is 4.79 Å². The fourth-order valence-corrected chi connectivity index (χ4v) is 2.08. The Morgan fingerprint density at radius 3 is 2.42 bits per heavy atom. The molecule has 0 bridgehead atoms. The molecule has 2 nitrogen and oxygen atoms in total. The number of carbonyl (C=O) groups excluding carboxylic acids is 1. The molecule has 2 rings (SSSR count). The Morgan fingerprint density at radius 1 is 1.00 bits per heavy atom. The standard InChI is InChI=1S/C17H19NO/c1-12-6-7-16(10-13(12)2)17(19)15-5-3-4-14(11-15)8-9-18/h3-7,10-11H,8-9,18H2,1-2H3. The zero-order valence-electron chi connectivity index (χ0n) is 11.4. The molecular formula is C17H19NO. The van der Waals surface area contributed by atoms with Crippen LogP contribution in [0.1, 0.15) is 32.6 Å². The van der Waals surface area contributed by atoms with E-state index in [0.717, 1.165) is 28.7 Å². The minimum Gasteiger partial charge on any atom is -0.330 e.